The molecule has 140 valence electrons. The number of hydrogen-bond donors (Lipinski definition) is 0. The van der Waals surface area contributed by atoms with E-state index in [9.17, 15) is 9.59 Å². The van der Waals surface area contributed by atoms with Gasteiger partial charge in [0.25, 0.3) is 5.91 Å². The lowest BCUT2D eigenvalue weighted by Crippen LogP contribution is -2.62. The number of likely N-dealkylation sites (tertiary alicyclic amines) is 2. The molecule has 1 aromatic heterocycles. The molecule has 6 nitrogen and oxygen atoms in total. The van der Waals surface area contributed by atoms with Crippen LogP contribution in [0.4, 0.5) is 0 Å². The molecular weight excluding hydrogens is 330 g/mol. The molecule has 4 rings (SSSR count). The van der Waals surface area contributed by atoms with Crippen molar-refractivity contribution in [2.75, 3.05) is 32.8 Å². The topological polar surface area (TPSA) is 62.7 Å². The Bertz CT molecular complexity index is 646. The molecule has 0 aromatic carbocycles. The Kier molecular flexibility index (Phi) is 4.94. The van der Waals surface area contributed by atoms with Crippen LogP contribution in [0.2, 0.25) is 0 Å². The zero-order valence-corrected chi connectivity index (χ0v) is 15.2. The van der Waals surface area contributed by atoms with Crippen molar-refractivity contribution >= 4 is 11.8 Å². The molecule has 1 atom stereocenters. The molecule has 0 saturated carbocycles. The quantitative estimate of drug-likeness (QED) is 0.813. The number of ether oxygens (including phenoxy) is 1. The highest BCUT2D eigenvalue weighted by atomic mass is 16.5. The van der Waals surface area contributed by atoms with E-state index >= 15 is 0 Å². The minimum Gasteiger partial charge on any atom is -0.381 e. The van der Waals surface area contributed by atoms with Gasteiger partial charge in [-0.1, -0.05) is 0 Å². The van der Waals surface area contributed by atoms with Gasteiger partial charge in [0.05, 0.1) is 0 Å². The fraction of sp³-hybridized carbons (Fsp3) is 0.650. The molecule has 26 heavy (non-hydrogen) atoms. The van der Waals surface area contributed by atoms with Gasteiger partial charge in [0, 0.05) is 56.2 Å². The van der Waals surface area contributed by atoms with Crippen LogP contribution >= 0.6 is 0 Å². The van der Waals surface area contributed by atoms with Crippen molar-refractivity contribution in [3.05, 3.63) is 30.1 Å². The van der Waals surface area contributed by atoms with Gasteiger partial charge in [0.15, 0.2) is 0 Å². The van der Waals surface area contributed by atoms with Crippen molar-refractivity contribution in [2.24, 2.45) is 5.41 Å². The first kappa shape index (κ1) is 17.5. The summed E-state index contributed by atoms with van der Waals surface area (Å²) >= 11 is 0. The van der Waals surface area contributed by atoms with E-state index in [-0.39, 0.29) is 23.3 Å². The normalized spacial score (nSPS) is 25.5. The first-order valence-corrected chi connectivity index (χ1v) is 9.79. The molecule has 1 unspecified atom stereocenters. The summed E-state index contributed by atoms with van der Waals surface area (Å²) in [6.07, 6.45) is 9.06. The van der Waals surface area contributed by atoms with Crippen molar-refractivity contribution in [2.45, 2.75) is 44.6 Å². The van der Waals surface area contributed by atoms with E-state index in [1.54, 1.807) is 24.5 Å². The zero-order valence-electron chi connectivity index (χ0n) is 15.2. The van der Waals surface area contributed by atoms with Crippen LogP contribution < -0.4 is 0 Å². The van der Waals surface area contributed by atoms with Gasteiger partial charge in [-0.15, -0.1) is 0 Å². The van der Waals surface area contributed by atoms with E-state index in [0.29, 0.717) is 25.3 Å². The number of hydrogen-bond acceptors (Lipinski definition) is 4. The Morgan fingerprint density at radius 2 is 1.69 bits per heavy atom. The fourth-order valence-electron chi connectivity index (χ4n) is 4.88. The molecule has 0 aliphatic carbocycles. The van der Waals surface area contributed by atoms with Gasteiger partial charge < -0.3 is 14.5 Å². The number of nitrogens with zero attached hydrogens (tertiary/aromatic N) is 3. The molecule has 3 aliphatic rings. The number of pyridine rings is 1. The molecule has 0 radical (unpaired) electrons. The highest BCUT2D eigenvalue weighted by molar-refractivity contribution is 5.98. The average molecular weight is 357 g/mol. The second kappa shape index (κ2) is 7.35. The molecule has 4 heterocycles. The van der Waals surface area contributed by atoms with Gasteiger partial charge in [-0.25, -0.2) is 0 Å². The summed E-state index contributed by atoms with van der Waals surface area (Å²) < 4.78 is 5.59. The third kappa shape index (κ3) is 3.11. The van der Waals surface area contributed by atoms with Crippen LogP contribution in [0, 0.1) is 5.41 Å². The summed E-state index contributed by atoms with van der Waals surface area (Å²) in [5.41, 5.74) is 0.474. The van der Waals surface area contributed by atoms with Crippen LogP contribution in [0.5, 0.6) is 0 Å². The number of aromatic nitrogens is 1. The lowest BCUT2D eigenvalue weighted by molar-refractivity contribution is -0.147. The Balaban J connectivity index is 1.68. The van der Waals surface area contributed by atoms with Gasteiger partial charge >= 0.3 is 0 Å². The molecule has 1 spiro atoms. The van der Waals surface area contributed by atoms with Gasteiger partial charge in [-0.3, -0.25) is 14.6 Å². The molecule has 2 amide bonds. The van der Waals surface area contributed by atoms with Crippen molar-refractivity contribution in [3.8, 4) is 0 Å². The van der Waals surface area contributed by atoms with Crippen LogP contribution in [-0.4, -0.2) is 65.5 Å². The zero-order chi connectivity index (χ0) is 18.0. The van der Waals surface area contributed by atoms with E-state index in [2.05, 4.69) is 4.98 Å². The lowest BCUT2D eigenvalue weighted by Gasteiger charge is -2.51. The maximum absolute atomic E-state index is 13.5. The Morgan fingerprint density at radius 1 is 1.00 bits per heavy atom. The monoisotopic (exact) mass is 357 g/mol. The molecule has 3 saturated heterocycles. The number of rotatable bonds is 2. The maximum atomic E-state index is 13.5. The SMILES string of the molecule is O=C(C1N(C(=O)c2ccncc2)CCCC12CCOCC2)N1CCCC1. The number of carbonyl (C=O) groups excluding carboxylic acids is 2. The van der Waals surface area contributed by atoms with Gasteiger partial charge in [0.1, 0.15) is 6.04 Å². The Hall–Kier alpha value is -1.95. The first-order valence-electron chi connectivity index (χ1n) is 9.79. The summed E-state index contributed by atoms with van der Waals surface area (Å²) in [4.78, 5) is 34.6. The highest BCUT2D eigenvalue weighted by Gasteiger charge is 2.51. The largest absolute Gasteiger partial charge is 0.381 e. The minimum absolute atomic E-state index is 0.0458. The van der Waals surface area contributed by atoms with Gasteiger partial charge in [0.2, 0.25) is 5.91 Å². The summed E-state index contributed by atoms with van der Waals surface area (Å²) in [5.74, 6) is 0.0991. The van der Waals surface area contributed by atoms with E-state index in [4.69, 9.17) is 4.74 Å². The molecular formula is C20H27N3O3. The fourth-order valence-corrected chi connectivity index (χ4v) is 4.88. The molecule has 3 aliphatic heterocycles. The maximum Gasteiger partial charge on any atom is 0.254 e. The van der Waals surface area contributed by atoms with E-state index in [0.717, 1.165) is 51.6 Å². The number of piperidine rings is 1. The summed E-state index contributed by atoms with van der Waals surface area (Å²) in [6, 6.07) is 3.12. The van der Waals surface area contributed by atoms with Crippen molar-refractivity contribution < 1.29 is 14.3 Å². The summed E-state index contributed by atoms with van der Waals surface area (Å²) in [5, 5.41) is 0. The second-order valence-corrected chi connectivity index (χ2v) is 7.75. The van der Waals surface area contributed by atoms with Crippen LogP contribution in [0.25, 0.3) is 0 Å². The van der Waals surface area contributed by atoms with Crippen LogP contribution in [-0.2, 0) is 9.53 Å². The standard InChI is InChI=1S/C20H27N3O3/c24-18(16-4-9-21-10-5-16)23-13-3-6-20(7-14-26-15-8-20)17(23)19(25)22-11-1-2-12-22/h4-5,9-10,17H,1-3,6-8,11-15H2. The smallest absolute Gasteiger partial charge is 0.254 e. The number of amides is 2. The molecule has 0 bridgehead atoms. The second-order valence-electron chi connectivity index (χ2n) is 7.75. The van der Waals surface area contributed by atoms with E-state index in [1.165, 1.54) is 0 Å². The third-order valence-electron chi connectivity index (χ3n) is 6.29. The van der Waals surface area contributed by atoms with Crippen molar-refractivity contribution in [1.82, 2.24) is 14.8 Å². The molecule has 6 heteroatoms. The van der Waals surface area contributed by atoms with Crippen molar-refractivity contribution in [1.29, 1.82) is 0 Å². The third-order valence-corrected chi connectivity index (χ3v) is 6.29. The van der Waals surface area contributed by atoms with Crippen LogP contribution in [0.15, 0.2) is 24.5 Å². The summed E-state index contributed by atoms with van der Waals surface area (Å²) in [7, 11) is 0. The average Bonchev–Trinajstić information content (AvgIpc) is 3.23. The lowest BCUT2D eigenvalue weighted by atomic mass is 9.67. The Morgan fingerprint density at radius 3 is 2.38 bits per heavy atom. The van der Waals surface area contributed by atoms with Gasteiger partial charge in [-0.2, -0.15) is 0 Å². The molecule has 3 fully saturated rings. The minimum atomic E-state index is -0.362. The van der Waals surface area contributed by atoms with E-state index < -0.39 is 0 Å². The van der Waals surface area contributed by atoms with Crippen molar-refractivity contribution in [3.63, 3.8) is 0 Å². The predicted molar refractivity (Wildman–Crippen MR) is 96.6 cm³/mol. The molecule has 0 N–H and O–H groups in total. The molecule has 1 aromatic rings. The first-order chi connectivity index (χ1) is 12.7. The Labute approximate surface area is 154 Å². The van der Waals surface area contributed by atoms with Crippen LogP contribution in [0.1, 0.15) is 48.9 Å². The highest BCUT2D eigenvalue weighted by Crippen LogP contribution is 2.45. The number of carbonyl (C=O) groups is 2. The van der Waals surface area contributed by atoms with Crippen LogP contribution in [0.3, 0.4) is 0 Å². The van der Waals surface area contributed by atoms with Gasteiger partial charge in [-0.05, 0) is 50.7 Å². The van der Waals surface area contributed by atoms with E-state index in [1.807, 2.05) is 9.80 Å². The predicted octanol–water partition coefficient (Wildman–Crippen LogP) is 2.11. The summed E-state index contributed by atoms with van der Waals surface area (Å²) in [6.45, 7) is 3.65.